The van der Waals surface area contributed by atoms with Crippen LogP contribution in [0.15, 0.2) is 51.9 Å². The number of rotatable bonds is 7. The Morgan fingerprint density at radius 1 is 1.00 bits per heavy atom. The number of halogens is 2. The van der Waals surface area contributed by atoms with E-state index in [2.05, 4.69) is 4.90 Å². The molecule has 0 saturated heterocycles. The van der Waals surface area contributed by atoms with Crippen molar-refractivity contribution in [3.8, 4) is 17.2 Å². The van der Waals surface area contributed by atoms with Gasteiger partial charge < -0.3 is 18.6 Å². The van der Waals surface area contributed by atoms with Crippen LogP contribution in [-0.2, 0) is 26.1 Å². The van der Waals surface area contributed by atoms with Crippen molar-refractivity contribution in [2.75, 3.05) is 20.8 Å². The fraction of sp³-hybridized carbons (Fsp3) is 0.292. The monoisotopic (exact) mass is 475 g/mol. The van der Waals surface area contributed by atoms with Crippen LogP contribution in [0, 0.1) is 0 Å². The maximum absolute atomic E-state index is 12.5. The second-order valence-electron chi connectivity index (χ2n) is 7.50. The molecule has 168 valence electrons. The van der Waals surface area contributed by atoms with Gasteiger partial charge in [0.2, 0.25) is 11.2 Å². The van der Waals surface area contributed by atoms with Crippen molar-refractivity contribution in [3.05, 3.63) is 85.4 Å². The summed E-state index contributed by atoms with van der Waals surface area (Å²) in [5.41, 5.74) is 2.78. The van der Waals surface area contributed by atoms with Crippen molar-refractivity contribution >= 4 is 23.2 Å². The topological polar surface area (TPSA) is 61.1 Å². The number of nitrogens with zero attached hydrogens (tertiary/aromatic N) is 1. The van der Waals surface area contributed by atoms with E-state index in [4.69, 9.17) is 41.8 Å². The van der Waals surface area contributed by atoms with E-state index >= 15 is 0 Å². The highest BCUT2D eigenvalue weighted by atomic mass is 35.5. The molecule has 0 bridgehead atoms. The summed E-state index contributed by atoms with van der Waals surface area (Å²) in [6.45, 7) is 2.16. The fourth-order valence-corrected chi connectivity index (χ4v) is 4.25. The maximum atomic E-state index is 12.5. The molecule has 3 aromatic rings. The number of ether oxygens (including phenoxy) is 3. The molecule has 1 aliphatic heterocycles. The molecule has 0 amide bonds. The Bertz CT molecular complexity index is 1160. The minimum absolute atomic E-state index is 0.0802. The predicted octanol–water partition coefficient (Wildman–Crippen LogP) is 5.10. The summed E-state index contributed by atoms with van der Waals surface area (Å²) in [6, 6.07) is 10.7. The van der Waals surface area contributed by atoms with Gasteiger partial charge in [0.25, 0.3) is 0 Å². The molecule has 0 fully saturated rings. The van der Waals surface area contributed by atoms with Crippen molar-refractivity contribution in [1.82, 2.24) is 4.90 Å². The zero-order valence-corrected chi connectivity index (χ0v) is 19.3. The predicted molar refractivity (Wildman–Crippen MR) is 123 cm³/mol. The summed E-state index contributed by atoms with van der Waals surface area (Å²) in [6.07, 6.45) is 2.22. The molecule has 0 saturated carbocycles. The summed E-state index contributed by atoms with van der Waals surface area (Å²) in [5, 5.41) is 0.969. The smallest absolute Gasteiger partial charge is 0.227 e. The van der Waals surface area contributed by atoms with Gasteiger partial charge in [-0.15, -0.1) is 0 Å². The first-order chi connectivity index (χ1) is 15.5. The molecule has 0 unspecified atom stereocenters. The van der Waals surface area contributed by atoms with Crippen LogP contribution in [0.5, 0.6) is 17.2 Å². The summed E-state index contributed by atoms with van der Waals surface area (Å²) in [5.74, 6) is 2.13. The Labute approximate surface area is 196 Å². The van der Waals surface area contributed by atoms with Gasteiger partial charge in [-0.3, -0.25) is 9.69 Å². The standard InChI is InChI=1S/C24H23Cl2NO5/c1-29-22-8-15-6-7-27(11-16(15)9-23(22)30-2)12-17-10-21(28)24(14-31-17)32-13-18-19(25)4-3-5-20(18)26/h3-5,8-10,14H,6-7,11-13H2,1-2H3. The number of methoxy groups -OCH3 is 2. The van der Waals surface area contributed by atoms with Crippen molar-refractivity contribution < 1.29 is 18.6 Å². The number of fused-ring (bicyclic) bond motifs is 1. The zero-order valence-electron chi connectivity index (χ0n) is 17.8. The third kappa shape index (κ3) is 4.88. The average molecular weight is 476 g/mol. The van der Waals surface area contributed by atoms with E-state index in [9.17, 15) is 4.79 Å². The Kier molecular flexibility index (Phi) is 6.94. The van der Waals surface area contributed by atoms with Gasteiger partial charge in [0, 0.05) is 34.8 Å². The van der Waals surface area contributed by atoms with Crippen LogP contribution in [0.3, 0.4) is 0 Å². The molecule has 1 aliphatic rings. The highest BCUT2D eigenvalue weighted by Crippen LogP contribution is 2.33. The third-order valence-corrected chi connectivity index (χ3v) is 6.17. The molecular weight excluding hydrogens is 453 g/mol. The first-order valence-corrected chi connectivity index (χ1v) is 10.9. The van der Waals surface area contributed by atoms with Crippen LogP contribution in [0.25, 0.3) is 0 Å². The molecule has 0 spiro atoms. The molecule has 8 heteroatoms. The molecule has 0 radical (unpaired) electrons. The number of hydrogen-bond acceptors (Lipinski definition) is 6. The molecule has 0 N–H and O–H groups in total. The van der Waals surface area contributed by atoms with Crippen LogP contribution in [0.1, 0.15) is 22.5 Å². The summed E-state index contributed by atoms with van der Waals surface area (Å²) in [7, 11) is 3.26. The second kappa shape index (κ2) is 9.86. The molecule has 1 aromatic heterocycles. The molecular formula is C24H23Cl2NO5. The lowest BCUT2D eigenvalue weighted by molar-refractivity contribution is 0.219. The minimum Gasteiger partial charge on any atom is -0.493 e. The van der Waals surface area contributed by atoms with Crippen LogP contribution in [0.4, 0.5) is 0 Å². The van der Waals surface area contributed by atoms with Crippen molar-refractivity contribution in [1.29, 1.82) is 0 Å². The van der Waals surface area contributed by atoms with Crippen molar-refractivity contribution in [3.63, 3.8) is 0 Å². The van der Waals surface area contributed by atoms with Gasteiger partial charge in [0.05, 0.1) is 20.8 Å². The number of hydrogen-bond donors (Lipinski definition) is 0. The lowest BCUT2D eigenvalue weighted by Crippen LogP contribution is -2.30. The van der Waals surface area contributed by atoms with Crippen molar-refractivity contribution in [2.24, 2.45) is 0 Å². The minimum atomic E-state index is -0.252. The van der Waals surface area contributed by atoms with Gasteiger partial charge in [-0.1, -0.05) is 29.3 Å². The van der Waals surface area contributed by atoms with E-state index in [0.717, 1.165) is 25.3 Å². The highest BCUT2D eigenvalue weighted by molar-refractivity contribution is 6.35. The first kappa shape index (κ1) is 22.5. The fourth-order valence-electron chi connectivity index (χ4n) is 3.74. The average Bonchev–Trinajstić information content (AvgIpc) is 2.79. The van der Waals surface area contributed by atoms with E-state index in [1.807, 2.05) is 12.1 Å². The van der Waals surface area contributed by atoms with Crippen LogP contribution < -0.4 is 19.6 Å². The molecule has 32 heavy (non-hydrogen) atoms. The molecule has 2 aromatic carbocycles. The van der Waals surface area contributed by atoms with Gasteiger partial charge in [-0.05, 0) is 41.8 Å². The Hall–Kier alpha value is -2.67. The van der Waals surface area contributed by atoms with E-state index in [1.54, 1.807) is 32.4 Å². The molecule has 6 nitrogen and oxygen atoms in total. The highest BCUT2D eigenvalue weighted by Gasteiger charge is 2.20. The van der Waals surface area contributed by atoms with Crippen LogP contribution in [0.2, 0.25) is 10.0 Å². The van der Waals surface area contributed by atoms with Gasteiger partial charge in [-0.2, -0.15) is 0 Å². The SMILES string of the molecule is COc1cc2c(cc1OC)CN(Cc1cc(=O)c(OCc3c(Cl)cccc3Cl)co1)CC2. The van der Waals surface area contributed by atoms with Gasteiger partial charge in [0.1, 0.15) is 18.6 Å². The zero-order chi connectivity index (χ0) is 22.7. The normalized spacial score (nSPS) is 13.5. The lowest BCUT2D eigenvalue weighted by atomic mass is 9.98. The van der Waals surface area contributed by atoms with E-state index in [0.29, 0.717) is 33.7 Å². The second-order valence-corrected chi connectivity index (χ2v) is 8.31. The Morgan fingerprint density at radius 3 is 2.34 bits per heavy atom. The summed E-state index contributed by atoms with van der Waals surface area (Å²) < 4.78 is 22.1. The largest absolute Gasteiger partial charge is 0.493 e. The Morgan fingerprint density at radius 2 is 1.69 bits per heavy atom. The van der Waals surface area contributed by atoms with Gasteiger partial charge in [0.15, 0.2) is 11.5 Å². The summed E-state index contributed by atoms with van der Waals surface area (Å²) >= 11 is 12.3. The van der Waals surface area contributed by atoms with E-state index in [-0.39, 0.29) is 17.8 Å². The van der Waals surface area contributed by atoms with Gasteiger partial charge in [-0.25, -0.2) is 0 Å². The molecule has 2 heterocycles. The van der Waals surface area contributed by atoms with E-state index < -0.39 is 0 Å². The lowest BCUT2D eigenvalue weighted by Gasteiger charge is -2.29. The molecule has 0 atom stereocenters. The van der Waals surface area contributed by atoms with Crippen molar-refractivity contribution in [2.45, 2.75) is 26.1 Å². The molecule has 0 aliphatic carbocycles. The quantitative estimate of drug-likeness (QED) is 0.473. The van der Waals surface area contributed by atoms with Crippen LogP contribution >= 0.6 is 23.2 Å². The molecule has 4 rings (SSSR count). The number of benzene rings is 2. The van der Waals surface area contributed by atoms with E-state index in [1.165, 1.54) is 23.5 Å². The first-order valence-electron chi connectivity index (χ1n) is 10.1. The Balaban J connectivity index is 1.43. The third-order valence-electron chi connectivity index (χ3n) is 5.46. The summed E-state index contributed by atoms with van der Waals surface area (Å²) in [4.78, 5) is 14.7. The van der Waals surface area contributed by atoms with Crippen LogP contribution in [-0.4, -0.2) is 25.7 Å². The van der Waals surface area contributed by atoms with Gasteiger partial charge >= 0.3 is 0 Å². The maximum Gasteiger partial charge on any atom is 0.227 e.